The number of nitrogens with zero attached hydrogens (tertiary/aromatic N) is 3. The van der Waals surface area contributed by atoms with Gasteiger partial charge in [0.05, 0.1) is 0 Å². The van der Waals surface area contributed by atoms with Gasteiger partial charge in [-0.05, 0) is 43.6 Å². The predicted octanol–water partition coefficient (Wildman–Crippen LogP) is 4.14. The normalized spacial score (nSPS) is 18.9. The molecule has 2 fully saturated rings. The number of benzene rings is 1. The largest absolute Gasteiger partial charge is 0.425 e. The zero-order valence-corrected chi connectivity index (χ0v) is 16.0. The molecular formula is C22H29N3O2. The number of rotatable bonds is 6. The summed E-state index contributed by atoms with van der Waals surface area (Å²) in [6, 6.07) is 10.7. The molecule has 0 bridgehead atoms. The minimum Gasteiger partial charge on any atom is -0.425 e. The molecule has 1 aromatic carbocycles. The van der Waals surface area contributed by atoms with Crippen molar-refractivity contribution in [2.24, 2.45) is 5.92 Å². The molecule has 2 aromatic rings. The van der Waals surface area contributed by atoms with E-state index in [-0.39, 0.29) is 5.91 Å². The van der Waals surface area contributed by atoms with Gasteiger partial charge in [0.1, 0.15) is 0 Å². The van der Waals surface area contributed by atoms with Gasteiger partial charge in [-0.2, -0.15) is 0 Å². The van der Waals surface area contributed by atoms with Crippen molar-refractivity contribution in [2.75, 3.05) is 13.1 Å². The number of carbonyl (C=O) groups excluding carboxylic acids is 1. The summed E-state index contributed by atoms with van der Waals surface area (Å²) >= 11 is 0. The molecule has 0 unspecified atom stereocenters. The molecule has 4 rings (SSSR count). The van der Waals surface area contributed by atoms with Crippen LogP contribution in [0.2, 0.25) is 0 Å². The molecule has 1 aliphatic heterocycles. The Morgan fingerprint density at radius 1 is 1.04 bits per heavy atom. The van der Waals surface area contributed by atoms with Gasteiger partial charge in [-0.15, -0.1) is 10.2 Å². The number of hydrogen-bond acceptors (Lipinski definition) is 4. The van der Waals surface area contributed by atoms with E-state index in [9.17, 15) is 4.79 Å². The molecule has 144 valence electrons. The van der Waals surface area contributed by atoms with Crippen molar-refractivity contribution in [3.63, 3.8) is 0 Å². The number of aryl methyl sites for hydroxylation is 1. The molecule has 1 aromatic heterocycles. The van der Waals surface area contributed by atoms with E-state index < -0.39 is 0 Å². The lowest BCUT2D eigenvalue weighted by atomic mass is 9.90. The van der Waals surface area contributed by atoms with Gasteiger partial charge < -0.3 is 9.32 Å². The van der Waals surface area contributed by atoms with E-state index >= 15 is 0 Å². The highest BCUT2D eigenvalue weighted by Gasteiger charge is 2.25. The minimum atomic E-state index is 0.216. The smallest absolute Gasteiger partial charge is 0.223 e. The van der Waals surface area contributed by atoms with Gasteiger partial charge in [-0.3, -0.25) is 4.79 Å². The van der Waals surface area contributed by atoms with Crippen molar-refractivity contribution in [1.29, 1.82) is 0 Å². The molecule has 27 heavy (non-hydrogen) atoms. The Kier molecular flexibility index (Phi) is 5.85. The Balaban J connectivity index is 1.20. The molecule has 1 saturated heterocycles. The van der Waals surface area contributed by atoms with Crippen molar-refractivity contribution in [1.82, 2.24) is 15.1 Å². The van der Waals surface area contributed by atoms with Gasteiger partial charge in [-0.1, -0.05) is 43.2 Å². The lowest BCUT2D eigenvalue weighted by molar-refractivity contribution is -0.132. The lowest BCUT2D eigenvalue weighted by Gasteiger charge is -2.32. The maximum atomic E-state index is 12.5. The van der Waals surface area contributed by atoms with Crippen LogP contribution in [-0.4, -0.2) is 34.1 Å². The van der Waals surface area contributed by atoms with Crippen LogP contribution in [0.25, 0.3) is 0 Å². The third-order valence-corrected chi connectivity index (χ3v) is 6.07. The Labute approximate surface area is 161 Å². The highest BCUT2D eigenvalue weighted by atomic mass is 16.4. The fourth-order valence-corrected chi connectivity index (χ4v) is 4.41. The van der Waals surface area contributed by atoms with E-state index in [1.54, 1.807) is 0 Å². The summed E-state index contributed by atoms with van der Waals surface area (Å²) in [5, 5.41) is 8.35. The molecule has 5 nitrogen and oxygen atoms in total. The molecule has 2 aliphatic rings. The summed E-state index contributed by atoms with van der Waals surface area (Å²) in [5.74, 6) is 2.72. The third-order valence-electron chi connectivity index (χ3n) is 6.07. The molecule has 0 radical (unpaired) electrons. The lowest BCUT2D eigenvalue weighted by Crippen LogP contribution is -2.39. The van der Waals surface area contributed by atoms with E-state index in [4.69, 9.17) is 4.42 Å². The number of piperidine rings is 1. The monoisotopic (exact) mass is 367 g/mol. The van der Waals surface area contributed by atoms with Crippen LogP contribution in [0.3, 0.4) is 0 Å². The molecule has 0 N–H and O–H groups in total. The summed E-state index contributed by atoms with van der Waals surface area (Å²) in [6.45, 7) is 1.74. The zero-order valence-electron chi connectivity index (χ0n) is 16.0. The Morgan fingerprint density at radius 3 is 2.52 bits per heavy atom. The molecule has 1 aliphatic carbocycles. The number of amides is 1. The van der Waals surface area contributed by atoms with Crippen LogP contribution in [0.15, 0.2) is 34.7 Å². The second kappa shape index (κ2) is 8.68. The fourth-order valence-electron chi connectivity index (χ4n) is 4.41. The summed E-state index contributed by atoms with van der Waals surface area (Å²) in [5.41, 5.74) is 1.40. The van der Waals surface area contributed by atoms with Gasteiger partial charge in [0.15, 0.2) is 0 Å². The third kappa shape index (κ3) is 4.76. The fraction of sp³-hybridized carbons (Fsp3) is 0.591. The second-order valence-corrected chi connectivity index (χ2v) is 8.03. The Bertz CT molecular complexity index is 729. The quantitative estimate of drug-likeness (QED) is 0.770. The highest BCUT2D eigenvalue weighted by Crippen LogP contribution is 2.33. The van der Waals surface area contributed by atoms with Crippen molar-refractivity contribution in [3.8, 4) is 0 Å². The average molecular weight is 367 g/mol. The maximum Gasteiger partial charge on any atom is 0.223 e. The molecule has 0 atom stereocenters. The van der Waals surface area contributed by atoms with Crippen LogP contribution in [0.5, 0.6) is 0 Å². The van der Waals surface area contributed by atoms with Gasteiger partial charge in [0, 0.05) is 31.8 Å². The van der Waals surface area contributed by atoms with Crippen molar-refractivity contribution < 1.29 is 9.21 Å². The predicted molar refractivity (Wildman–Crippen MR) is 103 cm³/mol. The van der Waals surface area contributed by atoms with E-state index in [1.807, 2.05) is 4.90 Å². The van der Waals surface area contributed by atoms with Crippen molar-refractivity contribution in [2.45, 2.75) is 63.7 Å². The molecule has 1 saturated carbocycles. The standard InChI is InChI=1S/C22H29N3O2/c26-21(11-10-20-23-24-22(27-20)19-8-4-5-9-19)25-14-12-18(13-15-25)16-17-6-2-1-3-7-17/h1-3,6-7,18-19H,4-5,8-16H2. The van der Waals surface area contributed by atoms with Crippen LogP contribution < -0.4 is 0 Å². The van der Waals surface area contributed by atoms with Gasteiger partial charge in [0.2, 0.25) is 17.7 Å². The van der Waals surface area contributed by atoms with Crippen LogP contribution in [-0.2, 0) is 17.6 Å². The number of aromatic nitrogens is 2. The first-order valence-corrected chi connectivity index (χ1v) is 10.4. The summed E-state index contributed by atoms with van der Waals surface area (Å²) < 4.78 is 5.80. The first-order valence-electron chi connectivity index (χ1n) is 10.4. The minimum absolute atomic E-state index is 0.216. The van der Waals surface area contributed by atoms with E-state index in [0.29, 0.717) is 30.6 Å². The summed E-state index contributed by atoms with van der Waals surface area (Å²) in [7, 11) is 0. The van der Waals surface area contributed by atoms with Crippen LogP contribution in [0.1, 0.15) is 68.2 Å². The Morgan fingerprint density at radius 2 is 1.78 bits per heavy atom. The number of carbonyl (C=O) groups is 1. The van der Waals surface area contributed by atoms with Crippen molar-refractivity contribution >= 4 is 5.91 Å². The zero-order chi connectivity index (χ0) is 18.5. The van der Waals surface area contributed by atoms with Crippen molar-refractivity contribution in [3.05, 3.63) is 47.7 Å². The van der Waals surface area contributed by atoms with E-state index in [0.717, 1.165) is 51.1 Å². The number of likely N-dealkylation sites (tertiary alicyclic amines) is 1. The van der Waals surface area contributed by atoms with Gasteiger partial charge in [-0.25, -0.2) is 0 Å². The topological polar surface area (TPSA) is 59.2 Å². The van der Waals surface area contributed by atoms with Crippen LogP contribution >= 0.6 is 0 Å². The average Bonchev–Trinajstić information content (AvgIpc) is 3.39. The van der Waals surface area contributed by atoms with E-state index in [1.165, 1.54) is 18.4 Å². The first kappa shape index (κ1) is 18.2. The Hall–Kier alpha value is -2.17. The summed E-state index contributed by atoms with van der Waals surface area (Å²) in [4.78, 5) is 14.5. The van der Waals surface area contributed by atoms with E-state index in [2.05, 4.69) is 40.5 Å². The summed E-state index contributed by atoms with van der Waals surface area (Å²) in [6.07, 6.45) is 9.13. The molecule has 2 heterocycles. The van der Waals surface area contributed by atoms with Crippen LogP contribution in [0, 0.1) is 5.92 Å². The molecule has 5 heteroatoms. The molecule has 0 spiro atoms. The highest BCUT2D eigenvalue weighted by molar-refractivity contribution is 5.76. The molecule has 1 amide bonds. The number of hydrogen-bond donors (Lipinski definition) is 0. The second-order valence-electron chi connectivity index (χ2n) is 8.03. The molecular weight excluding hydrogens is 338 g/mol. The van der Waals surface area contributed by atoms with Crippen LogP contribution in [0.4, 0.5) is 0 Å². The maximum absolute atomic E-state index is 12.5. The first-order chi connectivity index (χ1) is 13.3. The SMILES string of the molecule is O=C(CCc1nnc(C2CCCC2)o1)N1CCC(Cc2ccccc2)CC1. The van der Waals surface area contributed by atoms with Gasteiger partial charge >= 0.3 is 0 Å². The van der Waals surface area contributed by atoms with Gasteiger partial charge in [0.25, 0.3) is 0 Å².